The van der Waals surface area contributed by atoms with E-state index < -0.39 is 23.6 Å². The van der Waals surface area contributed by atoms with Gasteiger partial charge in [0, 0.05) is 6.54 Å². The molecule has 0 spiro atoms. The molecule has 7 heteroatoms. The average molecular weight is 267 g/mol. The van der Waals surface area contributed by atoms with Gasteiger partial charge in [0.2, 0.25) is 0 Å². The van der Waals surface area contributed by atoms with Crippen molar-refractivity contribution in [2.45, 2.75) is 18.8 Å². The Balaban J connectivity index is 2.80. The lowest BCUT2D eigenvalue weighted by Crippen LogP contribution is -2.35. The summed E-state index contributed by atoms with van der Waals surface area (Å²) in [5, 5.41) is 20.2. The van der Waals surface area contributed by atoms with Gasteiger partial charge in [0.15, 0.2) is 0 Å². The minimum absolute atomic E-state index is 0.00481. The summed E-state index contributed by atoms with van der Waals surface area (Å²) in [4.78, 5) is 0. The molecule has 0 aliphatic carbocycles. The Morgan fingerprint density at radius 2 is 1.78 bits per heavy atom. The van der Waals surface area contributed by atoms with Crippen LogP contribution in [0.4, 0.5) is 17.6 Å². The maximum absolute atomic E-state index is 13.0. The zero-order valence-electron chi connectivity index (χ0n) is 9.34. The van der Waals surface area contributed by atoms with E-state index in [9.17, 15) is 17.6 Å². The Morgan fingerprint density at radius 1 is 1.17 bits per heavy atom. The minimum Gasteiger partial charge on any atom is -0.395 e. The van der Waals surface area contributed by atoms with Gasteiger partial charge < -0.3 is 15.5 Å². The molecule has 0 bridgehead atoms. The summed E-state index contributed by atoms with van der Waals surface area (Å²) in [6, 6.07) is 2.04. The molecule has 3 nitrogen and oxygen atoms in total. The fourth-order valence-electron chi connectivity index (χ4n) is 1.35. The van der Waals surface area contributed by atoms with Crippen LogP contribution in [0.3, 0.4) is 0 Å². The number of halogens is 4. The van der Waals surface area contributed by atoms with Crippen LogP contribution in [0.1, 0.15) is 11.1 Å². The predicted octanol–water partition coefficient (Wildman–Crippen LogP) is 1.29. The molecule has 0 saturated carbocycles. The van der Waals surface area contributed by atoms with Crippen molar-refractivity contribution in [3.63, 3.8) is 0 Å². The molecule has 1 aromatic carbocycles. The number of aliphatic hydroxyl groups is 2. The summed E-state index contributed by atoms with van der Waals surface area (Å²) in [6.07, 6.45) is -4.74. The van der Waals surface area contributed by atoms with Gasteiger partial charge in [0.05, 0.1) is 24.8 Å². The third-order valence-electron chi connectivity index (χ3n) is 2.37. The molecule has 0 heterocycles. The molecule has 0 amide bonds. The van der Waals surface area contributed by atoms with Crippen LogP contribution in [0.25, 0.3) is 0 Å². The summed E-state index contributed by atoms with van der Waals surface area (Å²) >= 11 is 0. The maximum Gasteiger partial charge on any atom is 0.419 e. The molecule has 0 aliphatic rings. The topological polar surface area (TPSA) is 52.5 Å². The molecular formula is C11H13F4NO2. The van der Waals surface area contributed by atoms with Crippen molar-refractivity contribution in [1.82, 2.24) is 5.32 Å². The van der Waals surface area contributed by atoms with Gasteiger partial charge in [-0.1, -0.05) is 6.07 Å². The third-order valence-corrected chi connectivity index (χ3v) is 2.37. The van der Waals surface area contributed by atoms with E-state index in [0.717, 1.165) is 6.07 Å². The Morgan fingerprint density at radius 3 is 2.28 bits per heavy atom. The molecule has 0 unspecified atom stereocenters. The Kier molecular flexibility index (Phi) is 5.06. The lowest BCUT2D eigenvalue weighted by atomic mass is 10.1. The Bertz CT molecular complexity index is 391. The zero-order chi connectivity index (χ0) is 13.8. The molecule has 0 saturated heterocycles. The number of hydrogen-bond donors (Lipinski definition) is 3. The molecule has 0 fully saturated rings. The first kappa shape index (κ1) is 14.9. The maximum atomic E-state index is 13.0. The van der Waals surface area contributed by atoms with Crippen LogP contribution in [0.5, 0.6) is 0 Å². The van der Waals surface area contributed by atoms with Gasteiger partial charge in [0.1, 0.15) is 5.82 Å². The highest BCUT2D eigenvalue weighted by Crippen LogP contribution is 2.31. The first-order valence-corrected chi connectivity index (χ1v) is 5.19. The van der Waals surface area contributed by atoms with Gasteiger partial charge in [0.25, 0.3) is 0 Å². The van der Waals surface area contributed by atoms with Crippen molar-refractivity contribution in [2.24, 2.45) is 0 Å². The average Bonchev–Trinajstić information content (AvgIpc) is 2.31. The van der Waals surface area contributed by atoms with Crippen LogP contribution >= 0.6 is 0 Å². The SMILES string of the molecule is OCC(CO)NCc1ccc(F)c(C(F)(F)F)c1. The predicted molar refractivity (Wildman–Crippen MR) is 56.2 cm³/mol. The van der Waals surface area contributed by atoms with E-state index in [0.29, 0.717) is 6.07 Å². The lowest BCUT2D eigenvalue weighted by molar-refractivity contribution is -0.140. The van der Waals surface area contributed by atoms with E-state index in [1.807, 2.05) is 0 Å². The molecule has 1 rings (SSSR count). The first-order chi connectivity index (χ1) is 8.38. The van der Waals surface area contributed by atoms with Crippen molar-refractivity contribution < 1.29 is 27.8 Å². The molecular weight excluding hydrogens is 254 g/mol. The van der Waals surface area contributed by atoms with Gasteiger partial charge in [-0.05, 0) is 17.7 Å². The number of nitrogens with one attached hydrogen (secondary N) is 1. The second-order valence-electron chi connectivity index (χ2n) is 3.75. The summed E-state index contributed by atoms with van der Waals surface area (Å²) in [5.74, 6) is -1.33. The Labute approximate surface area is 101 Å². The monoisotopic (exact) mass is 267 g/mol. The van der Waals surface area contributed by atoms with Crippen LogP contribution in [0.15, 0.2) is 18.2 Å². The minimum atomic E-state index is -4.74. The van der Waals surface area contributed by atoms with Crippen molar-refractivity contribution in [1.29, 1.82) is 0 Å². The van der Waals surface area contributed by atoms with Gasteiger partial charge in [-0.25, -0.2) is 4.39 Å². The molecule has 0 aliphatic heterocycles. The van der Waals surface area contributed by atoms with Crippen molar-refractivity contribution in [2.75, 3.05) is 13.2 Å². The normalized spacial score (nSPS) is 12.2. The molecule has 3 N–H and O–H groups in total. The summed E-state index contributed by atoms with van der Waals surface area (Å²) in [7, 11) is 0. The fourth-order valence-corrected chi connectivity index (χ4v) is 1.35. The molecule has 0 atom stereocenters. The number of hydrogen-bond acceptors (Lipinski definition) is 3. The van der Waals surface area contributed by atoms with E-state index in [2.05, 4.69) is 5.32 Å². The fraction of sp³-hybridized carbons (Fsp3) is 0.455. The highest BCUT2D eigenvalue weighted by atomic mass is 19.4. The first-order valence-electron chi connectivity index (χ1n) is 5.19. The van der Waals surface area contributed by atoms with Crippen molar-refractivity contribution >= 4 is 0 Å². The van der Waals surface area contributed by atoms with E-state index >= 15 is 0 Å². The molecule has 102 valence electrons. The molecule has 1 aromatic rings. The van der Waals surface area contributed by atoms with Crippen LogP contribution in [0.2, 0.25) is 0 Å². The van der Waals surface area contributed by atoms with Crippen molar-refractivity contribution in [3.05, 3.63) is 35.1 Å². The third kappa shape index (κ3) is 3.94. The second kappa shape index (κ2) is 6.12. The van der Waals surface area contributed by atoms with E-state index in [4.69, 9.17) is 10.2 Å². The quantitative estimate of drug-likeness (QED) is 0.705. The number of alkyl halides is 3. The summed E-state index contributed by atoms with van der Waals surface area (Å²) in [5.41, 5.74) is -1.11. The largest absolute Gasteiger partial charge is 0.419 e. The second-order valence-corrected chi connectivity index (χ2v) is 3.75. The summed E-state index contributed by atoms with van der Waals surface area (Å²) in [6.45, 7) is -0.692. The molecule has 18 heavy (non-hydrogen) atoms. The van der Waals surface area contributed by atoms with Crippen molar-refractivity contribution in [3.8, 4) is 0 Å². The zero-order valence-corrected chi connectivity index (χ0v) is 9.34. The van der Waals surface area contributed by atoms with E-state index in [1.54, 1.807) is 0 Å². The highest BCUT2D eigenvalue weighted by Gasteiger charge is 2.34. The van der Waals surface area contributed by atoms with Gasteiger partial charge in [-0.2, -0.15) is 13.2 Å². The smallest absolute Gasteiger partial charge is 0.395 e. The number of rotatable bonds is 5. The number of aliphatic hydroxyl groups excluding tert-OH is 2. The molecule has 0 aromatic heterocycles. The van der Waals surface area contributed by atoms with Gasteiger partial charge in [-0.15, -0.1) is 0 Å². The lowest BCUT2D eigenvalue weighted by Gasteiger charge is -2.14. The van der Waals surface area contributed by atoms with Gasteiger partial charge >= 0.3 is 6.18 Å². The standard InChI is InChI=1S/C11H13F4NO2/c12-10-2-1-7(3-9(10)11(13,14)15)4-16-8(5-17)6-18/h1-3,8,16-18H,4-6H2. The van der Waals surface area contributed by atoms with E-state index in [1.165, 1.54) is 6.07 Å². The Hall–Kier alpha value is -1.18. The van der Waals surface area contributed by atoms with Crippen LogP contribution < -0.4 is 5.32 Å². The van der Waals surface area contributed by atoms with Crippen LogP contribution in [0, 0.1) is 5.82 Å². The van der Waals surface area contributed by atoms with E-state index in [-0.39, 0.29) is 25.3 Å². The van der Waals surface area contributed by atoms with Crippen LogP contribution in [-0.4, -0.2) is 29.5 Å². The van der Waals surface area contributed by atoms with Crippen LogP contribution in [-0.2, 0) is 12.7 Å². The number of benzene rings is 1. The molecule has 0 radical (unpaired) electrons. The summed E-state index contributed by atoms with van der Waals surface area (Å²) < 4.78 is 50.2. The van der Waals surface area contributed by atoms with Gasteiger partial charge in [-0.3, -0.25) is 0 Å². The highest BCUT2D eigenvalue weighted by molar-refractivity contribution is 5.27.